The van der Waals surface area contributed by atoms with Gasteiger partial charge in [0.2, 0.25) is 5.91 Å². The number of hydrogen-bond acceptors (Lipinski definition) is 8. The normalized spacial score (nSPS) is 20.1. The Morgan fingerprint density at radius 3 is 2.59 bits per heavy atom. The minimum absolute atomic E-state index is 0.109. The summed E-state index contributed by atoms with van der Waals surface area (Å²) in [5.41, 5.74) is 6.39. The average Bonchev–Trinajstić information content (AvgIpc) is 3.43. The molecule has 0 unspecified atom stereocenters. The van der Waals surface area contributed by atoms with Gasteiger partial charge in [0.25, 0.3) is 0 Å². The highest BCUT2D eigenvalue weighted by molar-refractivity contribution is 5.97. The van der Waals surface area contributed by atoms with E-state index in [1.807, 2.05) is 17.3 Å². The van der Waals surface area contributed by atoms with Crippen LogP contribution < -0.4 is 10.2 Å². The summed E-state index contributed by atoms with van der Waals surface area (Å²) in [5.74, 6) is 1.14. The lowest BCUT2D eigenvalue weighted by atomic mass is 9.96. The number of anilines is 1. The molecule has 10 heteroatoms. The fourth-order valence-corrected chi connectivity index (χ4v) is 7.34. The van der Waals surface area contributed by atoms with Crippen molar-refractivity contribution in [1.82, 2.24) is 34.9 Å². The Morgan fingerprint density at radius 1 is 0.977 bits per heavy atom. The van der Waals surface area contributed by atoms with Crippen LogP contribution in [-0.4, -0.2) is 101 Å². The number of aromatic nitrogens is 4. The van der Waals surface area contributed by atoms with Gasteiger partial charge in [-0.3, -0.25) is 19.4 Å². The molecule has 0 spiro atoms. The third-order valence-electron chi connectivity index (χ3n) is 9.99. The van der Waals surface area contributed by atoms with E-state index in [1.54, 1.807) is 6.92 Å². The molecule has 0 aliphatic carbocycles. The van der Waals surface area contributed by atoms with Gasteiger partial charge in [0.1, 0.15) is 5.82 Å². The van der Waals surface area contributed by atoms with E-state index in [4.69, 9.17) is 19.8 Å². The lowest BCUT2D eigenvalue weighted by Crippen LogP contribution is -2.63. The summed E-state index contributed by atoms with van der Waals surface area (Å²) in [6, 6.07) is 13.8. The Bertz CT molecular complexity index is 1670. The summed E-state index contributed by atoms with van der Waals surface area (Å²) in [6.45, 7) is 11.0. The van der Waals surface area contributed by atoms with E-state index in [-0.39, 0.29) is 5.91 Å². The number of benzene rings is 1. The molecule has 1 aromatic carbocycles. The van der Waals surface area contributed by atoms with Crippen LogP contribution in [0.3, 0.4) is 0 Å². The van der Waals surface area contributed by atoms with Crippen LogP contribution in [0.15, 0.2) is 48.8 Å². The summed E-state index contributed by atoms with van der Waals surface area (Å²) in [4.78, 5) is 29.0. The Labute approximate surface area is 258 Å². The van der Waals surface area contributed by atoms with Gasteiger partial charge in [-0.05, 0) is 36.4 Å². The number of carbonyl (C=O) groups excluding carboxylic acids is 1. The molecule has 4 aliphatic rings. The number of fused-ring (bicyclic) bond motifs is 2. The van der Waals surface area contributed by atoms with E-state index < -0.39 is 0 Å². The molecule has 10 nitrogen and oxygen atoms in total. The predicted octanol–water partition coefficient (Wildman–Crippen LogP) is 3.51. The number of hydrogen-bond donors (Lipinski definition) is 1. The lowest BCUT2D eigenvalue weighted by molar-refractivity contribution is -0.129. The van der Waals surface area contributed by atoms with Gasteiger partial charge < -0.3 is 19.9 Å². The van der Waals surface area contributed by atoms with Gasteiger partial charge in [-0.2, -0.15) is 5.10 Å². The van der Waals surface area contributed by atoms with Gasteiger partial charge in [0.15, 0.2) is 0 Å². The van der Waals surface area contributed by atoms with E-state index in [2.05, 4.69) is 56.2 Å². The number of piperazine rings is 1. The van der Waals surface area contributed by atoms with Gasteiger partial charge >= 0.3 is 0 Å². The highest BCUT2D eigenvalue weighted by Gasteiger charge is 2.33. The first-order valence-electron chi connectivity index (χ1n) is 16.1. The number of carbonyl (C=O) groups is 1. The van der Waals surface area contributed by atoms with Crippen LogP contribution >= 0.6 is 0 Å². The fourth-order valence-electron chi connectivity index (χ4n) is 7.34. The van der Waals surface area contributed by atoms with Crippen molar-refractivity contribution in [3.8, 4) is 22.5 Å². The number of pyridine rings is 2. The molecule has 0 bridgehead atoms. The first-order chi connectivity index (χ1) is 21.6. The van der Waals surface area contributed by atoms with E-state index in [9.17, 15) is 4.79 Å². The SMILES string of the molecule is CC(=O)N1CCc2c(c(-c3cccc4cc(-c5ccc(N6CC(N7CCNCC7)C6)nc5)ncc34)nn2C2CCOCC2)C1. The first kappa shape index (κ1) is 27.7. The van der Waals surface area contributed by atoms with Crippen LogP contribution in [0.2, 0.25) is 0 Å². The molecule has 1 amide bonds. The molecular weight excluding hydrogens is 552 g/mol. The van der Waals surface area contributed by atoms with Crippen molar-refractivity contribution in [2.75, 3.05) is 63.9 Å². The van der Waals surface area contributed by atoms with Crippen LogP contribution in [-0.2, 0) is 22.5 Å². The van der Waals surface area contributed by atoms with E-state index in [0.717, 1.165) is 117 Å². The molecule has 3 saturated heterocycles. The van der Waals surface area contributed by atoms with E-state index in [0.29, 0.717) is 18.6 Å². The van der Waals surface area contributed by atoms with Gasteiger partial charge in [-0.1, -0.05) is 18.2 Å². The third-order valence-corrected chi connectivity index (χ3v) is 9.99. The Hall–Kier alpha value is -3.86. The maximum absolute atomic E-state index is 12.4. The van der Waals surface area contributed by atoms with Crippen molar-refractivity contribution in [3.05, 3.63) is 60.0 Å². The maximum Gasteiger partial charge on any atom is 0.219 e. The van der Waals surface area contributed by atoms with Crippen LogP contribution in [0.25, 0.3) is 33.3 Å². The van der Waals surface area contributed by atoms with Crippen molar-refractivity contribution in [1.29, 1.82) is 0 Å². The Morgan fingerprint density at radius 2 is 1.82 bits per heavy atom. The average molecular weight is 593 g/mol. The number of nitrogens with zero attached hydrogens (tertiary/aromatic N) is 7. The Balaban J connectivity index is 1.07. The molecule has 1 N–H and O–H groups in total. The molecule has 3 aromatic heterocycles. The molecule has 8 rings (SSSR count). The summed E-state index contributed by atoms with van der Waals surface area (Å²) < 4.78 is 7.90. The van der Waals surface area contributed by atoms with E-state index in [1.165, 1.54) is 11.3 Å². The molecular formula is C34H40N8O2. The number of nitrogens with one attached hydrogen (secondary N) is 1. The zero-order valence-corrected chi connectivity index (χ0v) is 25.4. The predicted molar refractivity (Wildman–Crippen MR) is 171 cm³/mol. The largest absolute Gasteiger partial charge is 0.381 e. The van der Waals surface area contributed by atoms with Crippen molar-refractivity contribution < 1.29 is 9.53 Å². The van der Waals surface area contributed by atoms with Crippen molar-refractivity contribution >= 4 is 22.5 Å². The molecule has 3 fully saturated rings. The van der Waals surface area contributed by atoms with Crippen molar-refractivity contribution in [2.24, 2.45) is 0 Å². The van der Waals surface area contributed by atoms with Gasteiger partial charge in [0.05, 0.1) is 17.4 Å². The molecule has 4 aliphatic heterocycles. The summed E-state index contributed by atoms with van der Waals surface area (Å²) in [7, 11) is 0. The van der Waals surface area contributed by atoms with Crippen LogP contribution in [0, 0.1) is 0 Å². The second-order valence-corrected chi connectivity index (χ2v) is 12.6. The second-order valence-electron chi connectivity index (χ2n) is 12.6. The molecule has 44 heavy (non-hydrogen) atoms. The fraction of sp³-hybridized carbons (Fsp3) is 0.471. The maximum atomic E-state index is 12.4. The zero-order chi connectivity index (χ0) is 29.6. The third kappa shape index (κ3) is 5.04. The molecule has 0 saturated carbocycles. The molecule has 0 radical (unpaired) electrons. The highest BCUT2D eigenvalue weighted by atomic mass is 16.5. The zero-order valence-electron chi connectivity index (χ0n) is 25.4. The number of ether oxygens (including phenoxy) is 1. The minimum atomic E-state index is 0.109. The monoisotopic (exact) mass is 592 g/mol. The van der Waals surface area contributed by atoms with Gasteiger partial charge in [-0.25, -0.2) is 4.98 Å². The summed E-state index contributed by atoms with van der Waals surface area (Å²) in [5, 5.41) is 10.9. The van der Waals surface area contributed by atoms with Gasteiger partial charge in [-0.15, -0.1) is 0 Å². The van der Waals surface area contributed by atoms with Crippen molar-refractivity contribution in [2.45, 2.75) is 44.8 Å². The van der Waals surface area contributed by atoms with Crippen molar-refractivity contribution in [3.63, 3.8) is 0 Å². The van der Waals surface area contributed by atoms with Crippen LogP contribution in [0.4, 0.5) is 5.82 Å². The quantitative estimate of drug-likeness (QED) is 0.377. The van der Waals surface area contributed by atoms with Gasteiger partial charge in [0, 0.05) is 125 Å². The summed E-state index contributed by atoms with van der Waals surface area (Å²) in [6.07, 6.45) is 6.68. The molecule has 228 valence electrons. The smallest absolute Gasteiger partial charge is 0.219 e. The number of rotatable bonds is 5. The second kappa shape index (κ2) is 11.6. The lowest BCUT2D eigenvalue weighted by Gasteiger charge is -2.47. The number of amides is 1. The topological polar surface area (TPSA) is 91.7 Å². The molecule has 7 heterocycles. The molecule has 4 aromatic rings. The first-order valence-corrected chi connectivity index (χ1v) is 16.1. The standard InChI is InChI=1S/C34H40N8O2/c1-23(43)40-12-7-32-30(22-40)34(38-42(32)26-8-15-44-16-9-26)28-4-2-3-24-17-31(36-19-29(24)28)25-5-6-33(37-18-25)41-20-27(21-41)39-13-10-35-11-14-39/h2-6,17-19,26-27,35H,7-16,20-22H2,1H3. The van der Waals surface area contributed by atoms with Crippen LogP contribution in [0.1, 0.15) is 37.1 Å². The van der Waals surface area contributed by atoms with E-state index >= 15 is 0 Å². The highest BCUT2D eigenvalue weighted by Crippen LogP contribution is 2.37. The molecule has 0 atom stereocenters. The minimum Gasteiger partial charge on any atom is -0.381 e. The van der Waals surface area contributed by atoms with Crippen LogP contribution in [0.5, 0.6) is 0 Å². The Kier molecular flexibility index (Phi) is 7.28. The summed E-state index contributed by atoms with van der Waals surface area (Å²) >= 11 is 0.